The van der Waals surface area contributed by atoms with E-state index < -0.39 is 17.9 Å². The van der Waals surface area contributed by atoms with Crippen LogP contribution in [0.25, 0.3) is 0 Å². The molecule has 3 rings (SSSR count). The first-order valence-corrected chi connectivity index (χ1v) is 11.0. The van der Waals surface area contributed by atoms with Gasteiger partial charge in [-0.15, -0.1) is 0 Å². The van der Waals surface area contributed by atoms with E-state index in [0.717, 1.165) is 43.0 Å². The molecule has 0 aromatic rings. The highest BCUT2D eigenvalue weighted by atomic mass is 32.2. The summed E-state index contributed by atoms with van der Waals surface area (Å²) in [5.41, 5.74) is 0.993. The lowest BCUT2D eigenvalue weighted by molar-refractivity contribution is -0.284. The zero-order valence-corrected chi connectivity index (χ0v) is 17.7. The average molecular weight is 410 g/mol. The largest absolute Gasteiger partial charge is 0.459 e. The minimum atomic E-state index is -1.52. The molecule has 0 aromatic carbocycles. The number of amides is 1. The number of aliphatic hydroxyl groups is 1. The van der Waals surface area contributed by atoms with Gasteiger partial charge in [0.15, 0.2) is 5.79 Å². The number of carbonyl (C=O) groups is 2. The standard InChI is InChI=1S/C21H31NO5S/c1-14-6-4-5-8-20(2,3)9-7-15-11-16(26-18(23)10-14)12-21(25,27-15)17-13-28-19(24)22-17/h5,8,10,15-17,25H,4,6-7,9,11-13H2,1-3H3,(H,22,24)/b8-5-,14-10-/t15-,16-,17+,21-/m1/s1. The summed E-state index contributed by atoms with van der Waals surface area (Å²) in [5, 5.41) is 13.8. The van der Waals surface area contributed by atoms with Gasteiger partial charge in [0.05, 0.1) is 12.1 Å². The molecule has 2 N–H and O–H groups in total. The molecule has 6 nitrogen and oxygen atoms in total. The Labute approximate surface area is 171 Å². The highest BCUT2D eigenvalue weighted by Gasteiger charge is 2.49. The first kappa shape index (κ1) is 21.4. The van der Waals surface area contributed by atoms with Crippen LogP contribution in [0, 0.1) is 5.41 Å². The van der Waals surface area contributed by atoms with Gasteiger partial charge in [0.25, 0.3) is 5.24 Å². The molecule has 0 saturated carbocycles. The van der Waals surface area contributed by atoms with Crippen molar-refractivity contribution in [3.8, 4) is 0 Å². The topological polar surface area (TPSA) is 84.9 Å². The molecule has 3 heterocycles. The molecule has 0 spiro atoms. The molecular weight excluding hydrogens is 378 g/mol. The molecule has 2 fully saturated rings. The highest BCUT2D eigenvalue weighted by Crippen LogP contribution is 2.38. The van der Waals surface area contributed by atoms with E-state index >= 15 is 0 Å². The van der Waals surface area contributed by atoms with Crippen LogP contribution in [-0.4, -0.2) is 46.1 Å². The van der Waals surface area contributed by atoms with Gasteiger partial charge in [-0.1, -0.05) is 43.3 Å². The van der Waals surface area contributed by atoms with Crippen LogP contribution in [0.15, 0.2) is 23.8 Å². The minimum Gasteiger partial charge on any atom is -0.459 e. The zero-order chi connectivity index (χ0) is 20.4. The number of fused-ring (bicyclic) bond motifs is 2. The number of ether oxygens (including phenoxy) is 2. The van der Waals surface area contributed by atoms with Gasteiger partial charge in [0, 0.05) is 24.7 Å². The van der Waals surface area contributed by atoms with Crippen LogP contribution >= 0.6 is 11.8 Å². The Bertz CT molecular complexity index is 674. The van der Waals surface area contributed by atoms with Crippen LogP contribution in [0.4, 0.5) is 4.79 Å². The number of allylic oxidation sites excluding steroid dienone is 3. The van der Waals surface area contributed by atoms with Gasteiger partial charge in [-0.3, -0.25) is 4.79 Å². The van der Waals surface area contributed by atoms with Gasteiger partial charge in [0.2, 0.25) is 0 Å². The summed E-state index contributed by atoms with van der Waals surface area (Å²) in [6.07, 6.45) is 9.32. The third-order valence-electron chi connectivity index (χ3n) is 5.67. The van der Waals surface area contributed by atoms with Crippen LogP contribution in [0.5, 0.6) is 0 Å². The van der Waals surface area contributed by atoms with Crippen LogP contribution in [0.1, 0.15) is 59.3 Å². The molecule has 156 valence electrons. The SMILES string of the molecule is C/C1=C/C(=O)O[C@@H]2C[C@@H](CCC(C)(C)/C=C\CC1)O[C@@](O)([C@@H]1CSC(=O)N1)C2. The third-order valence-corrected chi connectivity index (χ3v) is 6.55. The van der Waals surface area contributed by atoms with Crippen molar-refractivity contribution in [3.63, 3.8) is 0 Å². The number of rotatable bonds is 1. The fraction of sp³-hybridized carbons (Fsp3) is 0.714. The van der Waals surface area contributed by atoms with Crippen molar-refractivity contribution in [2.24, 2.45) is 5.41 Å². The second kappa shape index (κ2) is 8.59. The molecule has 0 unspecified atom stereocenters. The molecule has 2 bridgehead atoms. The fourth-order valence-electron chi connectivity index (χ4n) is 4.01. The van der Waals surface area contributed by atoms with Crippen molar-refractivity contribution in [2.45, 2.75) is 83.3 Å². The van der Waals surface area contributed by atoms with Gasteiger partial charge >= 0.3 is 5.97 Å². The van der Waals surface area contributed by atoms with Gasteiger partial charge in [-0.2, -0.15) is 0 Å². The van der Waals surface area contributed by atoms with Crippen LogP contribution in [0.3, 0.4) is 0 Å². The molecule has 1 amide bonds. The Kier molecular flexibility index (Phi) is 6.57. The molecule has 0 aromatic heterocycles. The maximum absolute atomic E-state index is 12.3. The first-order chi connectivity index (χ1) is 13.2. The molecule has 0 radical (unpaired) electrons. The normalized spacial score (nSPS) is 39.9. The quantitative estimate of drug-likeness (QED) is 0.507. The second-order valence-corrected chi connectivity index (χ2v) is 9.83. The summed E-state index contributed by atoms with van der Waals surface area (Å²) in [4.78, 5) is 24.0. The van der Waals surface area contributed by atoms with Crippen molar-refractivity contribution >= 4 is 23.0 Å². The van der Waals surface area contributed by atoms with E-state index in [1.165, 1.54) is 0 Å². The monoisotopic (exact) mass is 409 g/mol. The molecule has 3 aliphatic rings. The van der Waals surface area contributed by atoms with E-state index in [4.69, 9.17) is 9.47 Å². The average Bonchev–Trinajstić information content (AvgIpc) is 3.03. The molecule has 0 aliphatic carbocycles. The predicted molar refractivity (Wildman–Crippen MR) is 109 cm³/mol. The van der Waals surface area contributed by atoms with Gasteiger partial charge in [-0.25, -0.2) is 4.79 Å². The Balaban J connectivity index is 1.82. The maximum atomic E-state index is 12.3. The van der Waals surface area contributed by atoms with Crippen molar-refractivity contribution in [3.05, 3.63) is 23.8 Å². The van der Waals surface area contributed by atoms with E-state index in [2.05, 4.69) is 31.3 Å². The van der Waals surface area contributed by atoms with Crippen LogP contribution in [0.2, 0.25) is 0 Å². The summed E-state index contributed by atoms with van der Waals surface area (Å²) >= 11 is 1.14. The van der Waals surface area contributed by atoms with E-state index in [1.54, 1.807) is 6.08 Å². The summed E-state index contributed by atoms with van der Waals surface area (Å²) in [5.74, 6) is -1.46. The molecule has 4 atom stereocenters. The predicted octanol–water partition coefficient (Wildman–Crippen LogP) is 3.69. The zero-order valence-electron chi connectivity index (χ0n) is 16.9. The van der Waals surface area contributed by atoms with E-state index in [0.29, 0.717) is 12.2 Å². The molecule has 3 aliphatic heterocycles. The highest BCUT2D eigenvalue weighted by molar-refractivity contribution is 8.14. The molecular formula is C21H31NO5S. The first-order valence-electron chi connectivity index (χ1n) is 10.0. The number of esters is 1. The van der Waals surface area contributed by atoms with E-state index in [9.17, 15) is 14.7 Å². The summed E-state index contributed by atoms with van der Waals surface area (Å²) in [6, 6.07) is -0.502. The Morgan fingerprint density at radius 1 is 1.29 bits per heavy atom. The molecule has 7 heteroatoms. The number of nitrogens with one attached hydrogen (secondary N) is 1. The Hall–Kier alpha value is -1.31. The lowest BCUT2D eigenvalue weighted by Gasteiger charge is -2.44. The van der Waals surface area contributed by atoms with Crippen molar-refractivity contribution in [1.29, 1.82) is 0 Å². The second-order valence-electron chi connectivity index (χ2n) is 8.84. The lowest BCUT2D eigenvalue weighted by atomic mass is 9.83. The molecule has 2 saturated heterocycles. The van der Waals surface area contributed by atoms with Crippen LogP contribution in [-0.2, 0) is 14.3 Å². The minimum absolute atomic E-state index is 0.0181. The van der Waals surface area contributed by atoms with E-state index in [1.807, 2.05) is 6.92 Å². The fourth-order valence-corrected chi connectivity index (χ4v) is 4.89. The maximum Gasteiger partial charge on any atom is 0.330 e. The van der Waals surface area contributed by atoms with Crippen molar-refractivity contribution < 1.29 is 24.2 Å². The number of hydrogen-bond acceptors (Lipinski definition) is 6. The summed E-state index contributed by atoms with van der Waals surface area (Å²) in [7, 11) is 0. The van der Waals surface area contributed by atoms with Crippen molar-refractivity contribution in [2.75, 3.05) is 5.75 Å². The van der Waals surface area contributed by atoms with Gasteiger partial charge in [-0.05, 0) is 38.0 Å². The van der Waals surface area contributed by atoms with E-state index in [-0.39, 0.29) is 29.1 Å². The smallest absolute Gasteiger partial charge is 0.330 e. The number of thioether (sulfide) groups is 1. The Morgan fingerprint density at radius 3 is 2.79 bits per heavy atom. The van der Waals surface area contributed by atoms with Gasteiger partial charge < -0.3 is 19.9 Å². The lowest BCUT2D eigenvalue weighted by Crippen LogP contribution is -2.58. The van der Waals surface area contributed by atoms with Crippen LogP contribution < -0.4 is 5.32 Å². The number of carbonyl (C=O) groups excluding carboxylic acids is 2. The summed E-state index contributed by atoms with van der Waals surface area (Å²) in [6.45, 7) is 6.32. The third kappa shape index (κ3) is 5.61. The number of hydrogen-bond donors (Lipinski definition) is 2. The Morgan fingerprint density at radius 2 is 2.07 bits per heavy atom. The van der Waals surface area contributed by atoms with Gasteiger partial charge in [0.1, 0.15) is 6.10 Å². The summed E-state index contributed by atoms with van der Waals surface area (Å²) < 4.78 is 11.8. The molecule has 28 heavy (non-hydrogen) atoms. The van der Waals surface area contributed by atoms with Crippen molar-refractivity contribution in [1.82, 2.24) is 5.32 Å².